The Bertz CT molecular complexity index is 1070. The van der Waals surface area contributed by atoms with E-state index in [0.29, 0.717) is 32.9 Å². The summed E-state index contributed by atoms with van der Waals surface area (Å²) >= 11 is 6.02. The van der Waals surface area contributed by atoms with Gasteiger partial charge in [-0.2, -0.15) is 0 Å². The summed E-state index contributed by atoms with van der Waals surface area (Å²) in [6, 6.07) is 14.1. The van der Waals surface area contributed by atoms with Crippen molar-refractivity contribution in [2.24, 2.45) is 10.2 Å². The molecule has 0 fully saturated rings. The number of azo groups is 1. The van der Waals surface area contributed by atoms with Gasteiger partial charge in [-0.05, 0) is 36.4 Å². The number of hydrogen-bond acceptors (Lipinski definition) is 6. The van der Waals surface area contributed by atoms with E-state index in [-0.39, 0.29) is 34.5 Å². The average Bonchev–Trinajstić information content (AvgIpc) is 2.54. The zero-order chi connectivity index (χ0) is 17.3. The molecule has 3 rings (SSSR count). The molecule has 6 nitrogen and oxygen atoms in total. The van der Waals surface area contributed by atoms with Gasteiger partial charge in [0.1, 0.15) is 15.8 Å². The Kier molecular flexibility index (Phi) is 6.21. The maximum Gasteiger partial charge on any atom is 1.00 e. The van der Waals surface area contributed by atoms with Crippen LogP contribution in [0, 0.1) is 0 Å². The number of halogens is 1. The van der Waals surface area contributed by atoms with E-state index in [1.54, 1.807) is 36.4 Å². The van der Waals surface area contributed by atoms with Crippen molar-refractivity contribution < 1.29 is 42.5 Å². The molecule has 0 bridgehead atoms. The fraction of sp³-hybridized carbons (Fsp3) is 0. The van der Waals surface area contributed by atoms with Crippen LogP contribution in [-0.4, -0.2) is 13.0 Å². The summed E-state index contributed by atoms with van der Waals surface area (Å²) in [7, 11) is -4.58. The van der Waals surface area contributed by atoms with E-state index in [2.05, 4.69) is 10.2 Å². The van der Waals surface area contributed by atoms with Gasteiger partial charge in [-0.15, -0.1) is 10.2 Å². The van der Waals surface area contributed by atoms with Crippen LogP contribution >= 0.6 is 11.6 Å². The van der Waals surface area contributed by atoms with Gasteiger partial charge in [-0.3, -0.25) is 0 Å². The Balaban J connectivity index is 0.00000225. The topological polar surface area (TPSA) is 108 Å². The predicted octanol–water partition coefficient (Wildman–Crippen LogP) is 1.40. The van der Waals surface area contributed by atoms with Crippen molar-refractivity contribution in [2.75, 3.05) is 5.73 Å². The number of nitrogens with zero attached hydrogens (tertiary/aromatic N) is 2. The molecule has 0 atom stereocenters. The number of nitrogens with two attached hydrogens (primary N) is 1. The molecule has 0 amide bonds. The van der Waals surface area contributed by atoms with Gasteiger partial charge >= 0.3 is 29.6 Å². The van der Waals surface area contributed by atoms with E-state index >= 15 is 0 Å². The quantitative estimate of drug-likeness (QED) is 0.319. The van der Waals surface area contributed by atoms with Gasteiger partial charge in [0.05, 0.1) is 15.6 Å². The summed E-state index contributed by atoms with van der Waals surface area (Å²) in [6.07, 6.45) is 0. The molecular weight excluding hydrogens is 373 g/mol. The van der Waals surface area contributed by atoms with Crippen LogP contribution in [0.25, 0.3) is 10.8 Å². The standard InChI is InChI=1S/C16H12ClN3O3S.Na/c17-13-3-1-2-4-16(13)20-19-15-8-7-14(18)11-6-5-10(9-12(11)15)24(21,22)23;/h1-9H,18H2,(H,21,22,23);/q;+1/p-1. The number of nitrogen functional groups attached to an aromatic ring is 1. The molecular formula is C16H11ClN3NaO3S. The Morgan fingerprint density at radius 3 is 2.28 bits per heavy atom. The normalized spacial score (nSPS) is 11.6. The van der Waals surface area contributed by atoms with Gasteiger partial charge in [0.2, 0.25) is 0 Å². The van der Waals surface area contributed by atoms with Gasteiger partial charge in [0, 0.05) is 16.5 Å². The second kappa shape index (κ2) is 7.82. The molecule has 0 saturated carbocycles. The number of anilines is 1. The van der Waals surface area contributed by atoms with Crippen LogP contribution in [0.3, 0.4) is 0 Å². The Hall–Kier alpha value is -1.48. The smallest absolute Gasteiger partial charge is 0.744 e. The summed E-state index contributed by atoms with van der Waals surface area (Å²) in [4.78, 5) is -0.352. The van der Waals surface area contributed by atoms with Crippen LogP contribution in [0.2, 0.25) is 5.02 Å². The van der Waals surface area contributed by atoms with E-state index in [0.717, 1.165) is 0 Å². The fourth-order valence-electron chi connectivity index (χ4n) is 2.22. The molecule has 25 heavy (non-hydrogen) atoms. The fourth-order valence-corrected chi connectivity index (χ4v) is 2.89. The molecule has 0 unspecified atom stereocenters. The number of fused-ring (bicyclic) bond motifs is 1. The molecule has 0 spiro atoms. The maximum atomic E-state index is 11.2. The molecule has 2 N–H and O–H groups in total. The van der Waals surface area contributed by atoms with Gasteiger partial charge < -0.3 is 10.3 Å². The van der Waals surface area contributed by atoms with E-state index in [4.69, 9.17) is 17.3 Å². The number of benzene rings is 3. The molecule has 0 aliphatic rings. The molecule has 3 aromatic carbocycles. The summed E-state index contributed by atoms with van der Waals surface area (Å²) in [5.74, 6) is 0. The van der Waals surface area contributed by atoms with Crippen LogP contribution in [-0.2, 0) is 10.1 Å². The summed E-state index contributed by atoms with van der Waals surface area (Å²) < 4.78 is 33.7. The minimum atomic E-state index is -4.58. The first-order valence-corrected chi connectivity index (χ1v) is 8.59. The van der Waals surface area contributed by atoms with E-state index in [1.165, 1.54) is 18.2 Å². The maximum absolute atomic E-state index is 11.2. The predicted molar refractivity (Wildman–Crippen MR) is 92.0 cm³/mol. The molecule has 9 heteroatoms. The second-order valence-electron chi connectivity index (χ2n) is 4.99. The van der Waals surface area contributed by atoms with E-state index in [9.17, 15) is 13.0 Å². The minimum Gasteiger partial charge on any atom is -0.744 e. The first-order valence-electron chi connectivity index (χ1n) is 6.81. The van der Waals surface area contributed by atoms with Crippen LogP contribution in [0.15, 0.2) is 69.7 Å². The van der Waals surface area contributed by atoms with Crippen molar-refractivity contribution in [3.63, 3.8) is 0 Å². The number of hydrogen-bond donors (Lipinski definition) is 1. The third-order valence-electron chi connectivity index (χ3n) is 3.41. The van der Waals surface area contributed by atoms with Crippen molar-refractivity contribution in [2.45, 2.75) is 4.90 Å². The van der Waals surface area contributed by atoms with Crippen molar-refractivity contribution in [1.29, 1.82) is 0 Å². The zero-order valence-electron chi connectivity index (χ0n) is 13.2. The molecule has 0 aliphatic carbocycles. The SMILES string of the molecule is Nc1ccc(N=Nc2ccccc2Cl)c2cc(S(=O)(=O)[O-])ccc12.[Na+]. The molecule has 122 valence electrons. The van der Waals surface area contributed by atoms with Crippen LogP contribution in [0.5, 0.6) is 0 Å². The Morgan fingerprint density at radius 2 is 1.60 bits per heavy atom. The van der Waals surface area contributed by atoms with E-state index in [1.807, 2.05) is 0 Å². The van der Waals surface area contributed by atoms with Crippen molar-refractivity contribution in [3.05, 3.63) is 59.6 Å². The van der Waals surface area contributed by atoms with Crippen molar-refractivity contribution >= 4 is 49.6 Å². The molecule has 0 radical (unpaired) electrons. The molecule has 0 aliphatic heterocycles. The zero-order valence-corrected chi connectivity index (χ0v) is 16.8. The third kappa shape index (κ3) is 4.38. The largest absolute Gasteiger partial charge is 1.00 e. The second-order valence-corrected chi connectivity index (χ2v) is 6.77. The minimum absolute atomic E-state index is 0. The van der Waals surface area contributed by atoms with Crippen molar-refractivity contribution in [3.8, 4) is 0 Å². The Labute approximate surface area is 171 Å². The number of rotatable bonds is 3. The van der Waals surface area contributed by atoms with Gasteiger partial charge in [0.25, 0.3) is 0 Å². The first kappa shape index (κ1) is 19.8. The molecule has 3 aromatic rings. The summed E-state index contributed by atoms with van der Waals surface area (Å²) in [6.45, 7) is 0. The first-order chi connectivity index (χ1) is 11.4. The van der Waals surface area contributed by atoms with Crippen LogP contribution < -0.4 is 35.3 Å². The molecule has 0 saturated heterocycles. The van der Waals surface area contributed by atoms with Crippen LogP contribution in [0.4, 0.5) is 17.1 Å². The third-order valence-corrected chi connectivity index (χ3v) is 4.56. The molecule has 0 heterocycles. The molecule has 0 aromatic heterocycles. The average molecular weight is 384 g/mol. The van der Waals surface area contributed by atoms with Crippen molar-refractivity contribution in [1.82, 2.24) is 0 Å². The van der Waals surface area contributed by atoms with Gasteiger partial charge in [-0.25, -0.2) is 8.42 Å². The Morgan fingerprint density at radius 1 is 0.920 bits per heavy atom. The summed E-state index contributed by atoms with van der Waals surface area (Å²) in [5, 5.41) is 9.62. The van der Waals surface area contributed by atoms with Gasteiger partial charge in [-0.1, -0.05) is 29.8 Å². The van der Waals surface area contributed by atoms with E-state index < -0.39 is 10.1 Å². The summed E-state index contributed by atoms with van der Waals surface area (Å²) in [5.41, 5.74) is 7.18. The monoisotopic (exact) mass is 383 g/mol. The van der Waals surface area contributed by atoms with Crippen LogP contribution in [0.1, 0.15) is 0 Å². The van der Waals surface area contributed by atoms with Gasteiger partial charge in [0.15, 0.2) is 0 Å².